The van der Waals surface area contributed by atoms with Crippen molar-refractivity contribution in [3.8, 4) is 21.9 Å². The highest BCUT2D eigenvalue weighted by Crippen LogP contribution is 2.38. The number of rotatable bonds is 3. The third-order valence-electron chi connectivity index (χ3n) is 4.96. The van der Waals surface area contributed by atoms with Crippen LogP contribution in [-0.4, -0.2) is 25.8 Å². The SMILES string of the molecule is COc1cc(-c2sc3c(c2C)c(=O)n(C)c(=O)n3C)ccc1-n1cnc(C)c1. The van der Waals surface area contributed by atoms with Gasteiger partial charge in [0.25, 0.3) is 5.56 Å². The fourth-order valence-electron chi connectivity index (χ4n) is 3.41. The number of thiophene rings is 1. The second kappa shape index (κ2) is 6.49. The largest absolute Gasteiger partial charge is 0.495 e. The highest BCUT2D eigenvalue weighted by atomic mass is 32.1. The van der Waals surface area contributed by atoms with Gasteiger partial charge in [-0.15, -0.1) is 11.3 Å². The summed E-state index contributed by atoms with van der Waals surface area (Å²) in [6, 6.07) is 5.91. The Morgan fingerprint density at radius 1 is 1.11 bits per heavy atom. The van der Waals surface area contributed by atoms with Crippen LogP contribution in [0.3, 0.4) is 0 Å². The van der Waals surface area contributed by atoms with Crippen molar-refractivity contribution >= 4 is 21.6 Å². The van der Waals surface area contributed by atoms with E-state index in [1.807, 2.05) is 42.8 Å². The van der Waals surface area contributed by atoms with Crippen LogP contribution in [-0.2, 0) is 14.1 Å². The lowest BCUT2D eigenvalue weighted by Crippen LogP contribution is -2.36. The molecule has 0 aliphatic rings. The third-order valence-corrected chi connectivity index (χ3v) is 6.37. The smallest absolute Gasteiger partial charge is 0.331 e. The lowest BCUT2D eigenvalue weighted by molar-refractivity contribution is 0.413. The van der Waals surface area contributed by atoms with E-state index in [2.05, 4.69) is 4.98 Å². The van der Waals surface area contributed by atoms with Crippen molar-refractivity contribution in [3.63, 3.8) is 0 Å². The number of ether oxygens (including phenoxy) is 1. The van der Waals surface area contributed by atoms with Crippen LogP contribution in [0.5, 0.6) is 5.75 Å². The van der Waals surface area contributed by atoms with Crippen LogP contribution in [0.4, 0.5) is 0 Å². The van der Waals surface area contributed by atoms with E-state index in [-0.39, 0.29) is 11.2 Å². The Bertz CT molecular complexity index is 1340. The normalized spacial score (nSPS) is 11.3. The molecule has 0 fully saturated rings. The molecule has 0 spiro atoms. The van der Waals surface area contributed by atoms with Crippen molar-refractivity contribution in [3.05, 3.63) is 62.8 Å². The van der Waals surface area contributed by atoms with E-state index in [0.717, 1.165) is 32.0 Å². The first kappa shape index (κ1) is 18.2. The molecule has 3 heterocycles. The molecule has 4 aromatic rings. The van der Waals surface area contributed by atoms with Gasteiger partial charge < -0.3 is 9.30 Å². The van der Waals surface area contributed by atoms with Crippen LogP contribution in [0.1, 0.15) is 11.3 Å². The molecule has 0 saturated carbocycles. The van der Waals surface area contributed by atoms with Crippen molar-refractivity contribution in [2.75, 3.05) is 7.11 Å². The van der Waals surface area contributed by atoms with Gasteiger partial charge in [-0.05, 0) is 37.1 Å². The quantitative estimate of drug-likeness (QED) is 0.534. The molecule has 4 rings (SSSR count). The van der Waals surface area contributed by atoms with Crippen molar-refractivity contribution in [1.29, 1.82) is 0 Å². The number of nitrogens with zero attached hydrogens (tertiary/aromatic N) is 4. The molecule has 0 bridgehead atoms. The molecular formula is C20H20N4O3S. The summed E-state index contributed by atoms with van der Waals surface area (Å²) in [5.74, 6) is 0.702. The van der Waals surface area contributed by atoms with Crippen LogP contribution in [0.25, 0.3) is 26.3 Å². The molecular weight excluding hydrogens is 376 g/mol. The number of hydrogen-bond acceptors (Lipinski definition) is 5. The van der Waals surface area contributed by atoms with Gasteiger partial charge in [-0.3, -0.25) is 13.9 Å². The summed E-state index contributed by atoms with van der Waals surface area (Å²) in [6.45, 7) is 3.85. The zero-order valence-corrected chi connectivity index (χ0v) is 17.1. The number of aryl methyl sites for hydroxylation is 3. The summed E-state index contributed by atoms with van der Waals surface area (Å²) in [7, 11) is 4.82. The molecule has 0 amide bonds. The average molecular weight is 396 g/mol. The number of fused-ring (bicyclic) bond motifs is 1. The maximum atomic E-state index is 12.7. The predicted octanol–water partition coefficient (Wildman–Crippen LogP) is 2.78. The zero-order chi connectivity index (χ0) is 20.2. The Kier molecular flexibility index (Phi) is 4.23. The van der Waals surface area contributed by atoms with E-state index < -0.39 is 0 Å². The Labute approximate surface area is 165 Å². The maximum Gasteiger partial charge on any atom is 0.331 e. The van der Waals surface area contributed by atoms with Crippen molar-refractivity contribution < 1.29 is 4.74 Å². The Morgan fingerprint density at radius 3 is 2.50 bits per heavy atom. The molecule has 0 unspecified atom stereocenters. The topological polar surface area (TPSA) is 71.0 Å². The standard InChI is InChI=1S/C20H20N4O3S/c1-11-9-24(10-21-11)14-7-6-13(8-15(14)27-5)17-12(2)16-18(25)22(3)20(26)23(4)19(16)28-17/h6-10H,1-5H3. The zero-order valence-electron chi connectivity index (χ0n) is 16.3. The second-order valence-corrected chi connectivity index (χ2v) is 7.75. The lowest BCUT2D eigenvalue weighted by atomic mass is 10.1. The van der Waals surface area contributed by atoms with Gasteiger partial charge in [0.05, 0.1) is 30.2 Å². The number of benzene rings is 1. The number of hydrogen-bond donors (Lipinski definition) is 0. The molecule has 144 valence electrons. The highest BCUT2D eigenvalue weighted by molar-refractivity contribution is 7.22. The first-order valence-corrected chi connectivity index (χ1v) is 9.53. The van der Waals surface area contributed by atoms with E-state index >= 15 is 0 Å². The van der Waals surface area contributed by atoms with Crippen LogP contribution in [0.15, 0.2) is 40.3 Å². The first-order chi connectivity index (χ1) is 13.3. The Balaban J connectivity index is 1.95. The molecule has 0 N–H and O–H groups in total. The lowest BCUT2D eigenvalue weighted by Gasteiger charge is -2.11. The van der Waals surface area contributed by atoms with Gasteiger partial charge in [0.15, 0.2) is 0 Å². The molecule has 0 aliphatic heterocycles. The van der Waals surface area contributed by atoms with Gasteiger partial charge in [0, 0.05) is 25.2 Å². The predicted molar refractivity (Wildman–Crippen MR) is 111 cm³/mol. The van der Waals surface area contributed by atoms with Crippen molar-refractivity contribution in [2.45, 2.75) is 13.8 Å². The fourth-order valence-corrected chi connectivity index (χ4v) is 4.66. The van der Waals surface area contributed by atoms with Crippen molar-refractivity contribution in [2.24, 2.45) is 14.1 Å². The summed E-state index contributed by atoms with van der Waals surface area (Å²) in [5, 5.41) is 0.581. The van der Waals surface area contributed by atoms with Gasteiger partial charge in [-0.25, -0.2) is 9.78 Å². The molecule has 0 aliphatic carbocycles. The monoisotopic (exact) mass is 396 g/mol. The molecule has 0 saturated heterocycles. The van der Waals surface area contributed by atoms with E-state index in [4.69, 9.17) is 4.74 Å². The molecule has 1 aromatic carbocycles. The number of methoxy groups -OCH3 is 1. The second-order valence-electron chi connectivity index (χ2n) is 6.75. The highest BCUT2D eigenvalue weighted by Gasteiger charge is 2.19. The molecule has 0 radical (unpaired) electrons. The van der Waals surface area contributed by atoms with E-state index in [9.17, 15) is 9.59 Å². The first-order valence-electron chi connectivity index (χ1n) is 8.72. The van der Waals surface area contributed by atoms with Crippen LogP contribution >= 0.6 is 11.3 Å². The van der Waals surface area contributed by atoms with Gasteiger partial charge in [-0.2, -0.15) is 0 Å². The summed E-state index contributed by atoms with van der Waals surface area (Å²) in [5.41, 5.74) is 3.01. The number of aromatic nitrogens is 4. The molecule has 8 heteroatoms. The van der Waals surface area contributed by atoms with E-state index in [1.165, 1.54) is 23.0 Å². The summed E-state index contributed by atoms with van der Waals surface area (Å²) < 4.78 is 10.2. The van der Waals surface area contributed by atoms with Gasteiger partial charge >= 0.3 is 5.69 Å². The van der Waals surface area contributed by atoms with Crippen LogP contribution in [0.2, 0.25) is 0 Å². The minimum absolute atomic E-state index is 0.268. The Hall–Kier alpha value is -3.13. The molecule has 0 atom stereocenters. The van der Waals surface area contributed by atoms with Gasteiger partial charge in [0.2, 0.25) is 0 Å². The maximum absolute atomic E-state index is 12.7. The molecule has 7 nitrogen and oxygen atoms in total. The molecule has 28 heavy (non-hydrogen) atoms. The van der Waals surface area contributed by atoms with E-state index in [1.54, 1.807) is 20.5 Å². The van der Waals surface area contributed by atoms with Gasteiger partial charge in [-0.1, -0.05) is 6.07 Å². The van der Waals surface area contributed by atoms with Crippen molar-refractivity contribution in [1.82, 2.24) is 18.7 Å². The molecule has 3 aromatic heterocycles. The summed E-state index contributed by atoms with van der Waals surface area (Å²) in [4.78, 5) is 30.8. The third kappa shape index (κ3) is 2.60. The fraction of sp³-hybridized carbons (Fsp3) is 0.250. The average Bonchev–Trinajstić information content (AvgIpc) is 3.27. The Morgan fingerprint density at radius 2 is 1.86 bits per heavy atom. The number of imidazole rings is 1. The van der Waals surface area contributed by atoms with Crippen LogP contribution < -0.4 is 16.0 Å². The minimum atomic E-state index is -0.325. The van der Waals surface area contributed by atoms with Crippen LogP contribution in [0, 0.1) is 13.8 Å². The summed E-state index contributed by atoms with van der Waals surface area (Å²) in [6.07, 6.45) is 3.68. The van der Waals surface area contributed by atoms with Gasteiger partial charge in [0.1, 0.15) is 10.6 Å². The minimum Gasteiger partial charge on any atom is -0.495 e. The van der Waals surface area contributed by atoms with E-state index in [0.29, 0.717) is 16.0 Å². The summed E-state index contributed by atoms with van der Waals surface area (Å²) >= 11 is 1.44.